The predicted molar refractivity (Wildman–Crippen MR) is 147 cm³/mol. The number of benzene rings is 4. The van der Waals surface area contributed by atoms with E-state index in [2.05, 4.69) is 10.2 Å². The number of hydrogen-bond donors (Lipinski definition) is 1. The van der Waals surface area contributed by atoms with Gasteiger partial charge in [-0.1, -0.05) is 30.3 Å². The molecule has 8 nitrogen and oxygen atoms in total. The first kappa shape index (κ1) is 24.9. The fourth-order valence-corrected chi connectivity index (χ4v) is 4.19. The van der Waals surface area contributed by atoms with Gasteiger partial charge in [-0.25, -0.2) is 9.59 Å². The molecular formula is C30H25N3O5. The summed E-state index contributed by atoms with van der Waals surface area (Å²) in [5.41, 5.74) is 3.13. The third-order valence-corrected chi connectivity index (χ3v) is 6.18. The zero-order chi connectivity index (χ0) is 26.5. The zero-order valence-electron chi connectivity index (χ0n) is 20.7. The van der Waals surface area contributed by atoms with Crippen molar-refractivity contribution in [1.82, 2.24) is 0 Å². The molecule has 0 saturated heterocycles. The topological polar surface area (TPSA) is 105 Å². The smallest absolute Gasteiger partial charge is 0.338 e. The second-order valence-corrected chi connectivity index (χ2v) is 8.74. The van der Waals surface area contributed by atoms with Crippen molar-refractivity contribution < 1.29 is 19.1 Å². The van der Waals surface area contributed by atoms with E-state index in [0.717, 1.165) is 21.8 Å². The number of azo groups is 1. The van der Waals surface area contributed by atoms with Crippen LogP contribution in [0.1, 0.15) is 15.9 Å². The van der Waals surface area contributed by atoms with Crippen molar-refractivity contribution in [2.45, 2.75) is 6.61 Å². The summed E-state index contributed by atoms with van der Waals surface area (Å²) < 4.78 is 10.9. The van der Waals surface area contributed by atoms with Crippen LogP contribution in [-0.2, 0) is 11.3 Å². The molecule has 1 aromatic heterocycles. The van der Waals surface area contributed by atoms with Crippen LogP contribution in [0, 0.1) is 0 Å². The van der Waals surface area contributed by atoms with Gasteiger partial charge in [0.1, 0.15) is 12.2 Å². The average Bonchev–Trinajstić information content (AvgIpc) is 2.95. The van der Waals surface area contributed by atoms with Crippen molar-refractivity contribution in [1.29, 1.82) is 0 Å². The highest BCUT2D eigenvalue weighted by molar-refractivity contribution is 6.07. The van der Waals surface area contributed by atoms with E-state index in [-0.39, 0.29) is 13.2 Å². The molecule has 190 valence electrons. The van der Waals surface area contributed by atoms with E-state index in [9.17, 15) is 9.59 Å². The number of likely N-dealkylation sites (N-methyl/N-ethyl adjacent to an activating group) is 1. The highest BCUT2D eigenvalue weighted by Gasteiger charge is 2.13. The monoisotopic (exact) mass is 507 g/mol. The number of carbonyl (C=O) groups is 1. The molecule has 0 saturated carbocycles. The Hall–Kier alpha value is -4.82. The van der Waals surface area contributed by atoms with Crippen LogP contribution in [0.3, 0.4) is 0 Å². The highest BCUT2D eigenvalue weighted by atomic mass is 16.5. The molecule has 0 fully saturated rings. The van der Waals surface area contributed by atoms with Gasteiger partial charge in [0.25, 0.3) is 0 Å². The third-order valence-electron chi connectivity index (χ3n) is 6.18. The van der Waals surface area contributed by atoms with Gasteiger partial charge < -0.3 is 19.2 Å². The number of fused-ring (bicyclic) bond motifs is 3. The van der Waals surface area contributed by atoms with Gasteiger partial charge in [-0.3, -0.25) is 0 Å². The van der Waals surface area contributed by atoms with Gasteiger partial charge in [-0.05, 0) is 65.4 Å². The molecule has 0 spiro atoms. The van der Waals surface area contributed by atoms with Crippen molar-refractivity contribution in [2.24, 2.45) is 10.2 Å². The van der Waals surface area contributed by atoms with E-state index < -0.39 is 11.6 Å². The Labute approximate surface area is 218 Å². The van der Waals surface area contributed by atoms with E-state index in [0.29, 0.717) is 34.6 Å². The summed E-state index contributed by atoms with van der Waals surface area (Å²) in [6.07, 6.45) is 0. The molecule has 0 unspecified atom stereocenters. The standard InChI is InChI=1S/C30H25N3O5/c1-33(16-17-34)25-13-11-24(12-14-25)32-31-23-9-6-21(7-10-23)30(36)37-19-22-18-28(35)38-27-15-8-20-4-2-3-5-26(20)29(22)27/h2-15,18,34H,16-17,19H2,1H3. The van der Waals surface area contributed by atoms with E-state index in [4.69, 9.17) is 14.3 Å². The minimum absolute atomic E-state index is 0.0696. The lowest BCUT2D eigenvalue weighted by Crippen LogP contribution is -2.20. The van der Waals surface area contributed by atoms with Crippen LogP contribution in [0.25, 0.3) is 21.7 Å². The van der Waals surface area contributed by atoms with Crippen LogP contribution in [0.5, 0.6) is 0 Å². The van der Waals surface area contributed by atoms with Crippen molar-refractivity contribution in [2.75, 3.05) is 25.1 Å². The lowest BCUT2D eigenvalue weighted by molar-refractivity contribution is 0.0474. The molecule has 38 heavy (non-hydrogen) atoms. The van der Waals surface area contributed by atoms with E-state index in [1.165, 1.54) is 6.07 Å². The summed E-state index contributed by atoms with van der Waals surface area (Å²) in [5, 5.41) is 20.2. The normalized spacial score (nSPS) is 11.3. The minimum atomic E-state index is -0.516. The number of anilines is 1. The molecule has 5 rings (SSSR count). The molecule has 0 bridgehead atoms. The van der Waals surface area contributed by atoms with Crippen LogP contribution in [0.4, 0.5) is 17.1 Å². The third kappa shape index (κ3) is 5.45. The molecule has 0 aliphatic rings. The van der Waals surface area contributed by atoms with Crippen molar-refractivity contribution >= 4 is 44.8 Å². The number of hydrogen-bond acceptors (Lipinski definition) is 8. The summed E-state index contributed by atoms with van der Waals surface area (Å²) >= 11 is 0. The lowest BCUT2D eigenvalue weighted by atomic mass is 10.0. The Morgan fingerprint density at radius 1 is 0.921 bits per heavy atom. The summed E-state index contributed by atoms with van der Waals surface area (Å²) in [7, 11) is 1.90. The molecule has 4 aromatic carbocycles. The molecule has 0 aliphatic heterocycles. The Morgan fingerprint density at radius 2 is 1.61 bits per heavy atom. The lowest BCUT2D eigenvalue weighted by Gasteiger charge is -2.17. The fraction of sp³-hybridized carbons (Fsp3) is 0.133. The number of rotatable bonds is 8. The van der Waals surface area contributed by atoms with E-state index >= 15 is 0 Å². The number of ether oxygens (including phenoxy) is 1. The molecular weight excluding hydrogens is 482 g/mol. The zero-order valence-corrected chi connectivity index (χ0v) is 20.7. The summed E-state index contributed by atoms with van der Waals surface area (Å²) in [4.78, 5) is 26.8. The molecule has 0 atom stereocenters. The largest absolute Gasteiger partial charge is 0.457 e. The molecule has 1 N–H and O–H groups in total. The Bertz CT molecular complexity index is 1680. The number of aliphatic hydroxyl groups excluding tert-OH is 1. The average molecular weight is 508 g/mol. The quantitative estimate of drug-likeness (QED) is 0.117. The second kappa shape index (κ2) is 11.1. The summed E-state index contributed by atoms with van der Waals surface area (Å²) in [6.45, 7) is 0.559. The number of esters is 1. The number of nitrogens with zero attached hydrogens (tertiary/aromatic N) is 3. The van der Waals surface area contributed by atoms with Gasteiger partial charge in [-0.2, -0.15) is 10.2 Å². The van der Waals surface area contributed by atoms with Gasteiger partial charge in [0.15, 0.2) is 0 Å². The van der Waals surface area contributed by atoms with Gasteiger partial charge in [0.2, 0.25) is 0 Å². The summed E-state index contributed by atoms with van der Waals surface area (Å²) in [6, 6.07) is 26.9. The number of carbonyl (C=O) groups excluding carboxylic acids is 1. The van der Waals surface area contributed by atoms with Gasteiger partial charge in [-0.15, -0.1) is 0 Å². The molecule has 1 heterocycles. The summed E-state index contributed by atoms with van der Waals surface area (Å²) in [5.74, 6) is -0.516. The van der Waals surface area contributed by atoms with Crippen molar-refractivity contribution in [3.05, 3.63) is 113 Å². The second-order valence-electron chi connectivity index (χ2n) is 8.74. The maximum atomic E-state index is 12.7. The van der Waals surface area contributed by atoms with E-state index in [1.54, 1.807) is 30.3 Å². The van der Waals surface area contributed by atoms with Crippen LogP contribution in [0.15, 0.2) is 110 Å². The van der Waals surface area contributed by atoms with Gasteiger partial charge >= 0.3 is 11.6 Å². The molecule has 0 aliphatic carbocycles. The van der Waals surface area contributed by atoms with Crippen LogP contribution < -0.4 is 10.5 Å². The molecule has 0 amide bonds. The first-order valence-corrected chi connectivity index (χ1v) is 12.1. The van der Waals surface area contributed by atoms with Crippen LogP contribution in [-0.4, -0.2) is 31.3 Å². The first-order valence-electron chi connectivity index (χ1n) is 12.1. The maximum absolute atomic E-state index is 12.7. The minimum Gasteiger partial charge on any atom is -0.457 e. The van der Waals surface area contributed by atoms with Crippen molar-refractivity contribution in [3.8, 4) is 0 Å². The van der Waals surface area contributed by atoms with Gasteiger partial charge in [0, 0.05) is 36.3 Å². The van der Waals surface area contributed by atoms with Gasteiger partial charge in [0.05, 0.1) is 23.5 Å². The molecule has 0 radical (unpaired) electrons. The van der Waals surface area contributed by atoms with E-state index in [1.807, 2.05) is 66.5 Å². The SMILES string of the molecule is CN(CCO)c1ccc(N=Nc2ccc(C(=O)OCc3cc(=O)oc4ccc5ccccc5c34)cc2)cc1. The Morgan fingerprint density at radius 3 is 2.32 bits per heavy atom. The van der Waals surface area contributed by atoms with Crippen molar-refractivity contribution in [3.63, 3.8) is 0 Å². The van der Waals surface area contributed by atoms with Crippen LogP contribution >= 0.6 is 0 Å². The molecule has 8 heteroatoms. The Kier molecular flexibility index (Phi) is 7.24. The molecule has 5 aromatic rings. The number of aliphatic hydroxyl groups is 1. The fourth-order valence-electron chi connectivity index (χ4n) is 4.19. The Balaban J connectivity index is 1.27. The van der Waals surface area contributed by atoms with Crippen LogP contribution in [0.2, 0.25) is 0 Å². The predicted octanol–water partition coefficient (Wildman–Crippen LogP) is 6.15. The first-order chi connectivity index (χ1) is 18.5. The maximum Gasteiger partial charge on any atom is 0.338 e. The highest BCUT2D eigenvalue weighted by Crippen LogP contribution is 2.28.